The summed E-state index contributed by atoms with van der Waals surface area (Å²) in [6.45, 7) is 4.49. The molecule has 1 rings (SSSR count). The summed E-state index contributed by atoms with van der Waals surface area (Å²) in [5.74, 6) is -2.33. The molecule has 2 unspecified atom stereocenters. The van der Waals surface area contributed by atoms with Crippen LogP contribution in [-0.4, -0.2) is 34.5 Å². The van der Waals surface area contributed by atoms with Crippen LogP contribution in [0.25, 0.3) is 0 Å². The molecule has 0 heterocycles. The number of benzene rings is 1. The second kappa shape index (κ2) is 7.66. The van der Waals surface area contributed by atoms with Gasteiger partial charge in [-0.1, -0.05) is 36.2 Å². The van der Waals surface area contributed by atoms with Crippen LogP contribution in [0, 0.1) is 0 Å². The van der Waals surface area contributed by atoms with Gasteiger partial charge in [-0.3, -0.25) is 9.59 Å². The van der Waals surface area contributed by atoms with E-state index in [1.165, 1.54) is 26.0 Å². The van der Waals surface area contributed by atoms with Gasteiger partial charge in [0, 0.05) is 0 Å². The molecule has 0 aliphatic heterocycles. The number of hydrogen-bond acceptors (Lipinski definition) is 3. The first-order valence-corrected chi connectivity index (χ1v) is 7.68. The smallest absolute Gasteiger partial charge is 0.329 e. The third-order valence-corrected chi connectivity index (χ3v) is 4.33. The van der Waals surface area contributed by atoms with Crippen LogP contribution in [0.1, 0.15) is 37.6 Å². The van der Waals surface area contributed by atoms with Gasteiger partial charge in [0.2, 0.25) is 5.91 Å². The highest BCUT2D eigenvalue weighted by molar-refractivity contribution is 6.43. The van der Waals surface area contributed by atoms with Crippen LogP contribution < -0.4 is 10.6 Å². The minimum Gasteiger partial charge on any atom is -0.480 e. The van der Waals surface area contributed by atoms with Crippen LogP contribution in [0.2, 0.25) is 10.0 Å². The first-order valence-electron chi connectivity index (χ1n) is 6.92. The summed E-state index contributed by atoms with van der Waals surface area (Å²) in [5, 5.41) is 14.3. The van der Waals surface area contributed by atoms with Crippen molar-refractivity contribution in [1.29, 1.82) is 0 Å². The van der Waals surface area contributed by atoms with E-state index in [1.54, 1.807) is 13.0 Å². The molecule has 2 atom stereocenters. The van der Waals surface area contributed by atoms with E-state index < -0.39 is 29.4 Å². The molecule has 2 amide bonds. The van der Waals surface area contributed by atoms with Crippen molar-refractivity contribution in [3.63, 3.8) is 0 Å². The summed E-state index contributed by atoms with van der Waals surface area (Å²) in [6.07, 6.45) is 0.203. The van der Waals surface area contributed by atoms with E-state index in [2.05, 4.69) is 10.6 Å². The standard InChI is InChI=1S/C15H18Cl2N2O4/c1-4-15(3,14(22)23)19-12(20)8(2)18-13(21)9-6-5-7-10(16)11(9)17/h5-8H,4H2,1-3H3,(H,18,21)(H,19,20)(H,22,23). The van der Waals surface area contributed by atoms with E-state index in [1.807, 2.05) is 0 Å². The van der Waals surface area contributed by atoms with Crippen molar-refractivity contribution >= 4 is 41.0 Å². The van der Waals surface area contributed by atoms with Crippen LogP contribution in [-0.2, 0) is 9.59 Å². The quantitative estimate of drug-likeness (QED) is 0.725. The number of nitrogens with one attached hydrogen (secondary N) is 2. The molecule has 0 radical (unpaired) electrons. The van der Waals surface area contributed by atoms with E-state index >= 15 is 0 Å². The molecule has 1 aromatic carbocycles. The highest BCUT2D eigenvalue weighted by Gasteiger charge is 2.34. The molecular weight excluding hydrogens is 343 g/mol. The number of carbonyl (C=O) groups is 3. The predicted molar refractivity (Wildman–Crippen MR) is 87.9 cm³/mol. The second-order valence-electron chi connectivity index (χ2n) is 5.28. The Bertz CT molecular complexity index is 636. The molecule has 3 N–H and O–H groups in total. The summed E-state index contributed by atoms with van der Waals surface area (Å²) >= 11 is 11.8. The maximum Gasteiger partial charge on any atom is 0.329 e. The van der Waals surface area contributed by atoms with E-state index in [0.717, 1.165) is 0 Å². The maximum atomic E-state index is 12.2. The highest BCUT2D eigenvalue weighted by atomic mass is 35.5. The Hall–Kier alpha value is -1.79. The van der Waals surface area contributed by atoms with Crippen molar-refractivity contribution in [2.24, 2.45) is 0 Å². The lowest BCUT2D eigenvalue weighted by Crippen LogP contribution is -2.56. The SMILES string of the molecule is CCC(C)(NC(=O)C(C)NC(=O)c1cccc(Cl)c1Cl)C(=O)O. The number of halogens is 2. The largest absolute Gasteiger partial charge is 0.480 e. The van der Waals surface area contributed by atoms with E-state index in [9.17, 15) is 14.4 Å². The summed E-state index contributed by atoms with van der Waals surface area (Å²) in [4.78, 5) is 35.4. The zero-order chi connectivity index (χ0) is 17.8. The third-order valence-electron chi connectivity index (χ3n) is 3.52. The second-order valence-corrected chi connectivity index (χ2v) is 6.06. The number of amides is 2. The fourth-order valence-corrected chi connectivity index (χ4v) is 2.08. The normalized spacial score (nSPS) is 14.5. The molecule has 0 aromatic heterocycles. The van der Waals surface area contributed by atoms with Crippen LogP contribution in [0.15, 0.2) is 18.2 Å². The van der Waals surface area contributed by atoms with E-state index in [-0.39, 0.29) is 22.0 Å². The van der Waals surface area contributed by atoms with E-state index in [0.29, 0.717) is 0 Å². The van der Waals surface area contributed by atoms with Crippen LogP contribution in [0.3, 0.4) is 0 Å². The molecule has 0 saturated heterocycles. The van der Waals surface area contributed by atoms with Gasteiger partial charge in [-0.05, 0) is 32.4 Å². The fourth-order valence-electron chi connectivity index (χ4n) is 1.69. The van der Waals surface area contributed by atoms with Crippen molar-refractivity contribution < 1.29 is 19.5 Å². The fraction of sp³-hybridized carbons (Fsp3) is 0.400. The minimum absolute atomic E-state index is 0.0863. The van der Waals surface area contributed by atoms with Crippen molar-refractivity contribution in [1.82, 2.24) is 10.6 Å². The lowest BCUT2D eigenvalue weighted by atomic mass is 9.98. The molecule has 6 nitrogen and oxygen atoms in total. The van der Waals surface area contributed by atoms with Gasteiger partial charge in [0.15, 0.2) is 0 Å². The van der Waals surface area contributed by atoms with Crippen molar-refractivity contribution in [2.45, 2.75) is 38.8 Å². The lowest BCUT2D eigenvalue weighted by Gasteiger charge is -2.26. The average Bonchev–Trinajstić information content (AvgIpc) is 2.49. The van der Waals surface area contributed by atoms with Gasteiger partial charge >= 0.3 is 5.97 Å². The van der Waals surface area contributed by atoms with Crippen molar-refractivity contribution in [3.8, 4) is 0 Å². The topological polar surface area (TPSA) is 95.5 Å². The minimum atomic E-state index is -1.40. The molecule has 1 aromatic rings. The Kier molecular flexibility index (Phi) is 6.41. The van der Waals surface area contributed by atoms with Gasteiger partial charge in [0.05, 0.1) is 15.6 Å². The molecule has 0 saturated carbocycles. The summed E-state index contributed by atoms with van der Waals surface area (Å²) in [7, 11) is 0. The van der Waals surface area contributed by atoms with Gasteiger partial charge in [-0.2, -0.15) is 0 Å². The Labute approximate surface area is 144 Å². The first kappa shape index (κ1) is 19.3. The van der Waals surface area contributed by atoms with Crippen LogP contribution >= 0.6 is 23.2 Å². The Morgan fingerprint density at radius 2 is 1.91 bits per heavy atom. The van der Waals surface area contributed by atoms with Gasteiger partial charge in [0.25, 0.3) is 5.91 Å². The van der Waals surface area contributed by atoms with Crippen LogP contribution in [0.5, 0.6) is 0 Å². The zero-order valence-electron chi connectivity index (χ0n) is 12.9. The number of hydrogen-bond donors (Lipinski definition) is 3. The average molecular weight is 361 g/mol. The Morgan fingerprint density at radius 1 is 1.30 bits per heavy atom. The number of carbonyl (C=O) groups excluding carboxylic acids is 2. The zero-order valence-corrected chi connectivity index (χ0v) is 14.5. The van der Waals surface area contributed by atoms with Gasteiger partial charge < -0.3 is 15.7 Å². The Balaban J connectivity index is 2.81. The molecule has 0 aliphatic rings. The number of carboxylic acid groups (broad SMARTS) is 1. The van der Waals surface area contributed by atoms with Gasteiger partial charge in [-0.15, -0.1) is 0 Å². The highest BCUT2D eigenvalue weighted by Crippen LogP contribution is 2.25. The molecule has 23 heavy (non-hydrogen) atoms. The lowest BCUT2D eigenvalue weighted by molar-refractivity contribution is -0.147. The first-order chi connectivity index (χ1) is 10.6. The van der Waals surface area contributed by atoms with Crippen molar-refractivity contribution in [2.75, 3.05) is 0 Å². The summed E-state index contributed by atoms with van der Waals surface area (Å²) in [6, 6.07) is 3.63. The van der Waals surface area contributed by atoms with Crippen molar-refractivity contribution in [3.05, 3.63) is 33.8 Å². The maximum absolute atomic E-state index is 12.2. The van der Waals surface area contributed by atoms with Crippen LogP contribution in [0.4, 0.5) is 0 Å². The molecule has 0 bridgehead atoms. The monoisotopic (exact) mass is 360 g/mol. The predicted octanol–water partition coefficient (Wildman–Crippen LogP) is 2.48. The molecule has 0 aliphatic carbocycles. The van der Waals surface area contributed by atoms with E-state index in [4.69, 9.17) is 28.3 Å². The summed E-state index contributed by atoms with van der Waals surface area (Å²) < 4.78 is 0. The molecule has 0 spiro atoms. The third kappa shape index (κ3) is 4.59. The van der Waals surface area contributed by atoms with Gasteiger partial charge in [0.1, 0.15) is 11.6 Å². The molecule has 8 heteroatoms. The van der Waals surface area contributed by atoms with Gasteiger partial charge in [-0.25, -0.2) is 4.79 Å². The summed E-state index contributed by atoms with van der Waals surface area (Å²) in [5.41, 5.74) is -1.26. The number of aliphatic carboxylic acids is 1. The number of carboxylic acids is 1. The Morgan fingerprint density at radius 3 is 2.43 bits per heavy atom. The number of rotatable bonds is 6. The molecule has 126 valence electrons. The molecular formula is C15H18Cl2N2O4. The molecule has 0 fully saturated rings.